The van der Waals surface area contributed by atoms with Crippen LogP contribution in [0.4, 0.5) is 0 Å². The Kier molecular flexibility index (Phi) is 10.1. The fourth-order valence-corrected chi connectivity index (χ4v) is 3.60. The number of benzene rings is 2. The number of likely N-dealkylation sites (tertiary alicyclic amines) is 1. The number of carbonyl (C=O) groups is 1. The minimum absolute atomic E-state index is 0. The Morgan fingerprint density at radius 1 is 1.00 bits per heavy atom. The highest BCUT2D eigenvalue weighted by molar-refractivity contribution is 14.0. The Labute approximate surface area is 197 Å². The lowest BCUT2D eigenvalue weighted by molar-refractivity contribution is 0.0724. The van der Waals surface area contributed by atoms with Crippen LogP contribution in [0, 0.1) is 0 Å². The number of amides is 1. The van der Waals surface area contributed by atoms with Crippen LogP contribution in [0.2, 0.25) is 0 Å². The van der Waals surface area contributed by atoms with Crippen molar-refractivity contribution < 1.29 is 4.79 Å². The molecule has 162 valence electrons. The van der Waals surface area contributed by atoms with Crippen LogP contribution in [-0.2, 0) is 13.1 Å². The third-order valence-electron chi connectivity index (χ3n) is 5.21. The highest BCUT2D eigenvalue weighted by atomic mass is 127. The zero-order valence-corrected chi connectivity index (χ0v) is 20.3. The van der Waals surface area contributed by atoms with Crippen molar-refractivity contribution in [1.29, 1.82) is 0 Å². The lowest BCUT2D eigenvalue weighted by atomic mass is 10.1. The fourth-order valence-electron chi connectivity index (χ4n) is 3.60. The topological polar surface area (TPSA) is 47.9 Å². The van der Waals surface area contributed by atoms with Gasteiger partial charge in [-0.2, -0.15) is 0 Å². The summed E-state index contributed by atoms with van der Waals surface area (Å²) in [6.07, 6.45) is 3.46. The molecular formula is C24H33IN4O. The molecular weight excluding hydrogens is 487 g/mol. The van der Waals surface area contributed by atoms with E-state index in [9.17, 15) is 4.79 Å². The van der Waals surface area contributed by atoms with Crippen molar-refractivity contribution in [3.63, 3.8) is 0 Å². The smallest absolute Gasteiger partial charge is 0.253 e. The Hall–Kier alpha value is -2.09. The molecule has 2 aromatic carbocycles. The number of aliphatic imine (C=N–C) groups is 1. The summed E-state index contributed by atoms with van der Waals surface area (Å²) in [5, 5.41) is 3.36. The molecule has 30 heavy (non-hydrogen) atoms. The number of rotatable bonds is 6. The van der Waals surface area contributed by atoms with Gasteiger partial charge in [-0.15, -0.1) is 24.0 Å². The van der Waals surface area contributed by atoms with Gasteiger partial charge >= 0.3 is 0 Å². The summed E-state index contributed by atoms with van der Waals surface area (Å²) >= 11 is 0. The third-order valence-corrected chi connectivity index (χ3v) is 5.21. The standard InChI is InChI=1S/C24H32N4O.HI/c1-3-25-24(27(2)19-21-10-6-4-7-11-21)26-18-20-12-14-22(15-13-20)23(29)28-16-8-5-9-17-28;/h4,6-7,10-15H,3,5,8-9,16-19H2,1-2H3,(H,25,26);1H. The second-order valence-electron chi connectivity index (χ2n) is 7.56. The van der Waals surface area contributed by atoms with Gasteiger partial charge in [-0.3, -0.25) is 4.79 Å². The van der Waals surface area contributed by atoms with Crippen molar-refractivity contribution in [3.05, 3.63) is 71.3 Å². The summed E-state index contributed by atoms with van der Waals surface area (Å²) in [6, 6.07) is 18.3. The molecule has 0 bridgehead atoms. The first kappa shape index (κ1) is 24.2. The van der Waals surface area contributed by atoms with Gasteiger partial charge < -0.3 is 15.1 Å². The molecule has 2 aromatic rings. The summed E-state index contributed by atoms with van der Waals surface area (Å²) < 4.78 is 0. The molecule has 0 unspecified atom stereocenters. The van der Waals surface area contributed by atoms with Crippen molar-refractivity contribution in [3.8, 4) is 0 Å². The molecule has 6 heteroatoms. The van der Waals surface area contributed by atoms with Crippen LogP contribution >= 0.6 is 24.0 Å². The minimum atomic E-state index is 0. The molecule has 0 aromatic heterocycles. The Bertz CT molecular complexity index is 802. The maximum Gasteiger partial charge on any atom is 0.253 e. The first-order valence-electron chi connectivity index (χ1n) is 10.6. The predicted molar refractivity (Wildman–Crippen MR) is 134 cm³/mol. The van der Waals surface area contributed by atoms with E-state index in [2.05, 4.69) is 48.5 Å². The van der Waals surface area contributed by atoms with Gasteiger partial charge in [0.1, 0.15) is 0 Å². The molecule has 1 N–H and O–H groups in total. The van der Waals surface area contributed by atoms with E-state index < -0.39 is 0 Å². The van der Waals surface area contributed by atoms with Crippen LogP contribution in [0.15, 0.2) is 59.6 Å². The number of carbonyl (C=O) groups excluding carboxylic acids is 1. The maximum atomic E-state index is 12.6. The van der Waals surface area contributed by atoms with Gasteiger partial charge in [0.2, 0.25) is 0 Å². The van der Waals surface area contributed by atoms with Crippen molar-refractivity contribution in [1.82, 2.24) is 15.1 Å². The molecule has 0 radical (unpaired) electrons. The normalized spacial score (nSPS) is 14.1. The molecule has 3 rings (SSSR count). The zero-order chi connectivity index (χ0) is 20.5. The zero-order valence-electron chi connectivity index (χ0n) is 18.0. The summed E-state index contributed by atoms with van der Waals surface area (Å²) in [6.45, 7) is 6.04. The second-order valence-corrected chi connectivity index (χ2v) is 7.56. The average molecular weight is 520 g/mol. The highest BCUT2D eigenvalue weighted by Crippen LogP contribution is 2.14. The largest absolute Gasteiger partial charge is 0.357 e. The van der Waals surface area contributed by atoms with Crippen LogP contribution in [0.5, 0.6) is 0 Å². The van der Waals surface area contributed by atoms with E-state index in [4.69, 9.17) is 4.99 Å². The SMILES string of the molecule is CCNC(=NCc1ccc(C(=O)N2CCCCC2)cc1)N(C)Cc1ccccc1.I. The molecule has 0 aliphatic carbocycles. The van der Waals surface area contributed by atoms with E-state index in [1.54, 1.807) is 0 Å². The Morgan fingerprint density at radius 3 is 2.30 bits per heavy atom. The van der Waals surface area contributed by atoms with Crippen LogP contribution in [-0.4, -0.2) is 48.3 Å². The predicted octanol–water partition coefficient (Wildman–Crippen LogP) is 4.53. The first-order chi connectivity index (χ1) is 14.2. The number of guanidine groups is 1. The second kappa shape index (κ2) is 12.6. The molecule has 1 saturated heterocycles. The Morgan fingerprint density at radius 2 is 1.67 bits per heavy atom. The minimum Gasteiger partial charge on any atom is -0.357 e. The molecule has 5 nitrogen and oxygen atoms in total. The molecule has 0 saturated carbocycles. The Balaban J connectivity index is 0.00000320. The third kappa shape index (κ3) is 7.00. The number of nitrogens with one attached hydrogen (secondary N) is 1. The summed E-state index contributed by atoms with van der Waals surface area (Å²) in [5.74, 6) is 1.03. The maximum absolute atomic E-state index is 12.6. The van der Waals surface area contributed by atoms with Gasteiger partial charge in [-0.1, -0.05) is 42.5 Å². The number of piperidine rings is 1. The van der Waals surface area contributed by atoms with E-state index in [1.807, 2.05) is 35.2 Å². The van der Waals surface area contributed by atoms with Crippen LogP contribution in [0.25, 0.3) is 0 Å². The number of halogens is 1. The van der Waals surface area contributed by atoms with Crippen LogP contribution in [0.3, 0.4) is 0 Å². The molecule has 0 atom stereocenters. The van der Waals surface area contributed by atoms with Gasteiger partial charge in [0.15, 0.2) is 5.96 Å². The molecule has 1 heterocycles. The van der Waals surface area contributed by atoms with Crippen molar-refractivity contribution in [2.75, 3.05) is 26.7 Å². The number of hydrogen-bond acceptors (Lipinski definition) is 2. The van der Waals surface area contributed by atoms with Gasteiger partial charge in [-0.05, 0) is 49.4 Å². The number of hydrogen-bond donors (Lipinski definition) is 1. The van der Waals surface area contributed by atoms with Crippen molar-refractivity contribution >= 4 is 35.8 Å². The highest BCUT2D eigenvalue weighted by Gasteiger charge is 2.17. The van der Waals surface area contributed by atoms with Crippen molar-refractivity contribution in [2.45, 2.75) is 39.3 Å². The monoisotopic (exact) mass is 520 g/mol. The molecule has 1 aliphatic rings. The first-order valence-corrected chi connectivity index (χ1v) is 10.6. The summed E-state index contributed by atoms with van der Waals surface area (Å²) in [5.41, 5.74) is 3.12. The van der Waals surface area contributed by atoms with Crippen molar-refractivity contribution in [2.24, 2.45) is 4.99 Å². The van der Waals surface area contributed by atoms with E-state index in [0.29, 0.717) is 6.54 Å². The van der Waals surface area contributed by atoms with Crippen LogP contribution < -0.4 is 5.32 Å². The average Bonchev–Trinajstić information content (AvgIpc) is 2.77. The van der Waals surface area contributed by atoms with Gasteiger partial charge in [0, 0.05) is 38.8 Å². The van der Waals surface area contributed by atoms with Gasteiger partial charge in [0.25, 0.3) is 5.91 Å². The van der Waals surface area contributed by atoms with E-state index in [1.165, 1.54) is 12.0 Å². The van der Waals surface area contributed by atoms with E-state index >= 15 is 0 Å². The number of nitrogens with zero attached hydrogens (tertiary/aromatic N) is 3. The molecule has 1 aliphatic heterocycles. The molecule has 0 spiro atoms. The molecule has 1 amide bonds. The van der Waals surface area contributed by atoms with Gasteiger partial charge in [-0.25, -0.2) is 4.99 Å². The summed E-state index contributed by atoms with van der Waals surface area (Å²) in [4.78, 5) is 21.5. The lowest BCUT2D eigenvalue weighted by Crippen LogP contribution is -2.38. The lowest BCUT2D eigenvalue weighted by Gasteiger charge is -2.26. The molecule has 1 fully saturated rings. The van der Waals surface area contributed by atoms with Crippen LogP contribution in [0.1, 0.15) is 47.7 Å². The van der Waals surface area contributed by atoms with E-state index in [0.717, 1.165) is 56.1 Å². The van der Waals surface area contributed by atoms with E-state index in [-0.39, 0.29) is 29.9 Å². The fraction of sp³-hybridized carbons (Fsp3) is 0.417. The summed E-state index contributed by atoms with van der Waals surface area (Å²) in [7, 11) is 2.05. The van der Waals surface area contributed by atoms with Gasteiger partial charge in [0.05, 0.1) is 6.54 Å². The quantitative estimate of drug-likeness (QED) is 0.346.